The van der Waals surface area contributed by atoms with Crippen LogP contribution in [-0.4, -0.2) is 19.3 Å². The first-order valence-electron chi connectivity index (χ1n) is 5.01. The smallest absolute Gasteiger partial charge is 0.0712 e. The lowest BCUT2D eigenvalue weighted by Gasteiger charge is -2.22. The Hall–Kier alpha value is -0.130. The highest BCUT2D eigenvalue weighted by molar-refractivity contribution is 9.10. The standard InChI is InChI=1S/C11H16BrClN2O/c1-7(16-2)11(15-14)5-8-3-4-9(12)6-10(8)13/h3-4,6-7,11,15H,5,14H2,1-2H3. The van der Waals surface area contributed by atoms with Crippen LogP contribution in [0.2, 0.25) is 5.02 Å². The minimum absolute atomic E-state index is 0.0321. The van der Waals surface area contributed by atoms with E-state index in [-0.39, 0.29) is 12.1 Å². The fraction of sp³-hybridized carbons (Fsp3) is 0.455. The molecule has 1 aromatic carbocycles. The van der Waals surface area contributed by atoms with Crippen LogP contribution in [0.15, 0.2) is 22.7 Å². The topological polar surface area (TPSA) is 47.3 Å². The van der Waals surface area contributed by atoms with Crippen LogP contribution in [0.1, 0.15) is 12.5 Å². The van der Waals surface area contributed by atoms with Crippen LogP contribution in [-0.2, 0) is 11.2 Å². The summed E-state index contributed by atoms with van der Waals surface area (Å²) in [5, 5.41) is 0.734. The lowest BCUT2D eigenvalue weighted by molar-refractivity contribution is 0.0831. The van der Waals surface area contributed by atoms with E-state index in [1.807, 2.05) is 25.1 Å². The molecule has 0 aliphatic rings. The van der Waals surface area contributed by atoms with Gasteiger partial charge < -0.3 is 4.74 Å². The first-order valence-corrected chi connectivity index (χ1v) is 6.18. The molecular weight excluding hydrogens is 291 g/mol. The summed E-state index contributed by atoms with van der Waals surface area (Å²) in [4.78, 5) is 0. The van der Waals surface area contributed by atoms with Crippen molar-refractivity contribution in [2.75, 3.05) is 7.11 Å². The lowest BCUT2D eigenvalue weighted by atomic mass is 10.0. The number of ether oxygens (including phenoxy) is 1. The molecule has 0 aromatic heterocycles. The molecule has 16 heavy (non-hydrogen) atoms. The second-order valence-electron chi connectivity index (χ2n) is 3.65. The van der Waals surface area contributed by atoms with E-state index in [0.717, 1.165) is 21.5 Å². The van der Waals surface area contributed by atoms with Crippen LogP contribution >= 0.6 is 27.5 Å². The number of benzene rings is 1. The zero-order chi connectivity index (χ0) is 12.1. The number of hydrogen-bond donors (Lipinski definition) is 2. The molecule has 0 aliphatic carbocycles. The van der Waals surface area contributed by atoms with Crippen molar-refractivity contribution in [3.8, 4) is 0 Å². The minimum atomic E-state index is 0.0321. The fourth-order valence-corrected chi connectivity index (χ4v) is 2.20. The highest BCUT2D eigenvalue weighted by Crippen LogP contribution is 2.23. The van der Waals surface area contributed by atoms with Crippen molar-refractivity contribution in [1.29, 1.82) is 0 Å². The van der Waals surface area contributed by atoms with Gasteiger partial charge in [0.1, 0.15) is 0 Å². The largest absolute Gasteiger partial charge is 0.380 e. The van der Waals surface area contributed by atoms with Gasteiger partial charge in [-0.25, -0.2) is 0 Å². The maximum absolute atomic E-state index is 6.14. The maximum atomic E-state index is 6.14. The molecule has 5 heteroatoms. The Morgan fingerprint density at radius 3 is 2.75 bits per heavy atom. The molecule has 3 N–H and O–H groups in total. The van der Waals surface area contributed by atoms with Gasteiger partial charge in [0, 0.05) is 16.6 Å². The molecule has 90 valence electrons. The Kier molecular flexibility index (Phi) is 5.72. The second kappa shape index (κ2) is 6.57. The SMILES string of the molecule is COC(C)C(Cc1ccc(Br)cc1Cl)NN. The number of rotatable bonds is 5. The number of nitrogens with one attached hydrogen (secondary N) is 1. The van der Waals surface area contributed by atoms with Gasteiger partial charge in [-0.2, -0.15) is 0 Å². The van der Waals surface area contributed by atoms with E-state index in [1.54, 1.807) is 7.11 Å². The van der Waals surface area contributed by atoms with Gasteiger partial charge >= 0.3 is 0 Å². The summed E-state index contributed by atoms with van der Waals surface area (Å²) >= 11 is 9.51. The van der Waals surface area contributed by atoms with Gasteiger partial charge in [-0.1, -0.05) is 33.6 Å². The van der Waals surface area contributed by atoms with Crippen LogP contribution < -0.4 is 11.3 Å². The van der Waals surface area contributed by atoms with Crippen LogP contribution in [0.3, 0.4) is 0 Å². The predicted molar refractivity (Wildman–Crippen MR) is 70.4 cm³/mol. The molecule has 0 saturated heterocycles. The number of hydrazine groups is 1. The van der Waals surface area contributed by atoms with Gasteiger partial charge in [0.25, 0.3) is 0 Å². The number of halogens is 2. The molecule has 1 rings (SSSR count). The van der Waals surface area contributed by atoms with Gasteiger partial charge in [0.05, 0.1) is 12.1 Å². The van der Waals surface area contributed by atoms with E-state index < -0.39 is 0 Å². The third kappa shape index (κ3) is 3.71. The summed E-state index contributed by atoms with van der Waals surface area (Å²) in [6.07, 6.45) is 0.766. The van der Waals surface area contributed by atoms with E-state index >= 15 is 0 Å². The summed E-state index contributed by atoms with van der Waals surface area (Å²) in [5.41, 5.74) is 3.80. The van der Waals surface area contributed by atoms with Crippen molar-refractivity contribution in [3.05, 3.63) is 33.3 Å². The summed E-state index contributed by atoms with van der Waals surface area (Å²) in [5.74, 6) is 5.49. The third-order valence-electron chi connectivity index (χ3n) is 2.61. The Balaban J connectivity index is 2.78. The molecule has 0 heterocycles. The van der Waals surface area contributed by atoms with Gasteiger partial charge in [-0.05, 0) is 31.0 Å². The van der Waals surface area contributed by atoms with Gasteiger partial charge in [0.2, 0.25) is 0 Å². The summed E-state index contributed by atoms with van der Waals surface area (Å²) in [6, 6.07) is 5.87. The predicted octanol–water partition coefficient (Wildman–Crippen LogP) is 2.51. The molecule has 1 aromatic rings. The molecular formula is C11H16BrClN2O. The summed E-state index contributed by atoms with van der Waals surface area (Å²) in [7, 11) is 1.66. The Bertz CT molecular complexity index is 349. The first-order chi connectivity index (χ1) is 7.58. The van der Waals surface area contributed by atoms with Gasteiger partial charge in [-0.3, -0.25) is 11.3 Å². The molecule has 0 aliphatic heterocycles. The van der Waals surface area contributed by atoms with E-state index in [1.165, 1.54) is 0 Å². The monoisotopic (exact) mass is 306 g/mol. The number of hydrogen-bond acceptors (Lipinski definition) is 3. The van der Waals surface area contributed by atoms with E-state index in [2.05, 4.69) is 21.4 Å². The molecule has 2 atom stereocenters. The highest BCUT2D eigenvalue weighted by Gasteiger charge is 2.17. The zero-order valence-corrected chi connectivity index (χ0v) is 11.7. The molecule has 2 unspecified atom stereocenters. The Morgan fingerprint density at radius 1 is 1.56 bits per heavy atom. The molecule has 0 spiro atoms. The van der Waals surface area contributed by atoms with Crippen molar-refractivity contribution in [2.45, 2.75) is 25.5 Å². The zero-order valence-electron chi connectivity index (χ0n) is 9.34. The van der Waals surface area contributed by atoms with Crippen LogP contribution in [0, 0.1) is 0 Å². The quantitative estimate of drug-likeness (QED) is 0.649. The van der Waals surface area contributed by atoms with Crippen molar-refractivity contribution in [3.63, 3.8) is 0 Å². The number of methoxy groups -OCH3 is 1. The molecule has 0 amide bonds. The van der Waals surface area contributed by atoms with Gasteiger partial charge in [0.15, 0.2) is 0 Å². The normalized spacial score (nSPS) is 14.8. The van der Waals surface area contributed by atoms with Crippen LogP contribution in [0.4, 0.5) is 0 Å². The average Bonchev–Trinajstić information content (AvgIpc) is 2.27. The second-order valence-corrected chi connectivity index (χ2v) is 4.98. The molecule has 0 bridgehead atoms. The van der Waals surface area contributed by atoms with E-state index in [0.29, 0.717) is 0 Å². The van der Waals surface area contributed by atoms with Crippen LogP contribution in [0.5, 0.6) is 0 Å². The highest BCUT2D eigenvalue weighted by atomic mass is 79.9. The Morgan fingerprint density at radius 2 is 2.25 bits per heavy atom. The molecule has 0 fully saturated rings. The van der Waals surface area contributed by atoms with Crippen LogP contribution in [0.25, 0.3) is 0 Å². The molecule has 0 radical (unpaired) electrons. The maximum Gasteiger partial charge on any atom is 0.0712 e. The van der Waals surface area contributed by atoms with E-state index in [4.69, 9.17) is 22.2 Å². The summed E-state index contributed by atoms with van der Waals surface area (Å²) in [6.45, 7) is 1.97. The minimum Gasteiger partial charge on any atom is -0.380 e. The van der Waals surface area contributed by atoms with Gasteiger partial charge in [-0.15, -0.1) is 0 Å². The van der Waals surface area contributed by atoms with E-state index in [9.17, 15) is 0 Å². The van der Waals surface area contributed by atoms with Crippen molar-refractivity contribution in [1.82, 2.24) is 5.43 Å². The molecule has 3 nitrogen and oxygen atoms in total. The fourth-order valence-electron chi connectivity index (χ4n) is 1.45. The Labute approximate surface area is 109 Å². The summed E-state index contributed by atoms with van der Waals surface area (Å²) < 4.78 is 6.21. The van der Waals surface area contributed by atoms with Crippen molar-refractivity contribution in [2.24, 2.45) is 5.84 Å². The lowest BCUT2D eigenvalue weighted by Crippen LogP contribution is -2.45. The van der Waals surface area contributed by atoms with Crippen molar-refractivity contribution < 1.29 is 4.74 Å². The number of nitrogens with two attached hydrogens (primary N) is 1. The third-order valence-corrected chi connectivity index (χ3v) is 3.45. The average molecular weight is 308 g/mol. The van der Waals surface area contributed by atoms with Crippen molar-refractivity contribution >= 4 is 27.5 Å². The molecule has 0 saturated carbocycles. The first kappa shape index (κ1) is 13.9.